The zero-order chi connectivity index (χ0) is 13.1. The smallest absolute Gasteiger partial charge is 0.0450 e. The monoisotopic (exact) mass is 254 g/mol. The van der Waals surface area contributed by atoms with E-state index in [1.165, 1.54) is 35.6 Å². The van der Waals surface area contributed by atoms with Gasteiger partial charge in [0.2, 0.25) is 0 Å². The van der Waals surface area contributed by atoms with Gasteiger partial charge in [-0.1, -0.05) is 55.3 Å². The number of hydrogen-bond acceptors (Lipinski definition) is 2. The highest BCUT2D eigenvalue weighted by Gasteiger charge is 2.21. The fourth-order valence-electron chi connectivity index (χ4n) is 2.74. The SMILES string of the molecule is NCC(NCCC1CC1)c1cccc2ccccc12. The lowest BCUT2D eigenvalue weighted by molar-refractivity contribution is 0.518. The maximum Gasteiger partial charge on any atom is 0.0450 e. The van der Waals surface area contributed by atoms with Crippen LogP contribution in [0.4, 0.5) is 0 Å². The minimum atomic E-state index is 0.268. The maximum absolute atomic E-state index is 5.97. The highest BCUT2D eigenvalue weighted by atomic mass is 14.9. The summed E-state index contributed by atoms with van der Waals surface area (Å²) in [6.07, 6.45) is 4.13. The highest BCUT2D eigenvalue weighted by molar-refractivity contribution is 5.86. The molecule has 1 aliphatic carbocycles. The Kier molecular flexibility index (Phi) is 3.81. The predicted octanol–water partition coefficient (Wildman–Crippen LogP) is 3.23. The molecular formula is C17H22N2. The number of benzene rings is 2. The molecule has 0 radical (unpaired) electrons. The molecule has 0 aromatic heterocycles. The topological polar surface area (TPSA) is 38.0 Å². The third kappa shape index (κ3) is 2.96. The molecule has 0 heterocycles. The van der Waals surface area contributed by atoms with Gasteiger partial charge in [-0.3, -0.25) is 0 Å². The van der Waals surface area contributed by atoms with Crippen molar-refractivity contribution in [1.82, 2.24) is 5.32 Å². The van der Waals surface area contributed by atoms with Crippen molar-refractivity contribution in [2.75, 3.05) is 13.1 Å². The molecule has 19 heavy (non-hydrogen) atoms. The van der Waals surface area contributed by atoms with Crippen LogP contribution in [0, 0.1) is 5.92 Å². The molecule has 2 heteroatoms. The van der Waals surface area contributed by atoms with E-state index in [4.69, 9.17) is 5.73 Å². The van der Waals surface area contributed by atoms with Crippen LogP contribution in [0.15, 0.2) is 42.5 Å². The molecule has 0 spiro atoms. The van der Waals surface area contributed by atoms with Crippen LogP contribution in [0.5, 0.6) is 0 Å². The van der Waals surface area contributed by atoms with Crippen molar-refractivity contribution in [1.29, 1.82) is 0 Å². The van der Waals surface area contributed by atoms with Crippen molar-refractivity contribution >= 4 is 10.8 Å². The van der Waals surface area contributed by atoms with Crippen LogP contribution in [-0.4, -0.2) is 13.1 Å². The van der Waals surface area contributed by atoms with Crippen molar-refractivity contribution in [3.8, 4) is 0 Å². The molecule has 1 atom stereocenters. The molecule has 0 aliphatic heterocycles. The molecule has 1 saturated carbocycles. The van der Waals surface area contributed by atoms with Gasteiger partial charge in [-0.05, 0) is 35.2 Å². The summed E-state index contributed by atoms with van der Waals surface area (Å²) in [5, 5.41) is 6.24. The van der Waals surface area contributed by atoms with Crippen LogP contribution in [0.25, 0.3) is 10.8 Å². The molecule has 3 rings (SSSR count). The normalized spacial score (nSPS) is 16.7. The predicted molar refractivity (Wildman–Crippen MR) is 81.1 cm³/mol. The van der Waals surface area contributed by atoms with Crippen LogP contribution in [0.2, 0.25) is 0 Å². The first-order valence-corrected chi connectivity index (χ1v) is 7.29. The van der Waals surface area contributed by atoms with E-state index in [-0.39, 0.29) is 6.04 Å². The van der Waals surface area contributed by atoms with E-state index >= 15 is 0 Å². The average molecular weight is 254 g/mol. The van der Waals surface area contributed by atoms with E-state index in [9.17, 15) is 0 Å². The van der Waals surface area contributed by atoms with E-state index in [1.807, 2.05) is 0 Å². The summed E-state index contributed by atoms with van der Waals surface area (Å²) in [5.74, 6) is 0.971. The average Bonchev–Trinajstić information content (AvgIpc) is 3.27. The summed E-state index contributed by atoms with van der Waals surface area (Å²) < 4.78 is 0. The lowest BCUT2D eigenvalue weighted by Crippen LogP contribution is -2.29. The summed E-state index contributed by atoms with van der Waals surface area (Å²) >= 11 is 0. The Morgan fingerprint density at radius 2 is 1.89 bits per heavy atom. The molecule has 3 N–H and O–H groups in total. The first-order valence-electron chi connectivity index (χ1n) is 7.29. The second kappa shape index (κ2) is 5.72. The van der Waals surface area contributed by atoms with E-state index < -0.39 is 0 Å². The van der Waals surface area contributed by atoms with Gasteiger partial charge in [-0.25, -0.2) is 0 Å². The Morgan fingerprint density at radius 3 is 2.68 bits per heavy atom. The molecule has 0 amide bonds. The van der Waals surface area contributed by atoms with E-state index in [2.05, 4.69) is 47.8 Å². The third-order valence-corrected chi connectivity index (χ3v) is 4.07. The van der Waals surface area contributed by atoms with Crippen molar-refractivity contribution < 1.29 is 0 Å². The maximum atomic E-state index is 5.97. The molecule has 100 valence electrons. The number of fused-ring (bicyclic) bond motifs is 1. The number of rotatable bonds is 6. The minimum Gasteiger partial charge on any atom is -0.329 e. The lowest BCUT2D eigenvalue weighted by atomic mass is 9.98. The van der Waals surface area contributed by atoms with Crippen LogP contribution >= 0.6 is 0 Å². The Bertz CT molecular complexity index is 540. The standard InChI is InChI=1S/C17H22N2/c18-12-17(19-11-10-13-8-9-13)16-7-3-5-14-4-1-2-6-15(14)16/h1-7,13,17,19H,8-12,18H2. The molecule has 0 saturated heterocycles. The van der Waals surface area contributed by atoms with Gasteiger partial charge in [0.1, 0.15) is 0 Å². The zero-order valence-corrected chi connectivity index (χ0v) is 11.3. The molecule has 1 aliphatic rings. The van der Waals surface area contributed by atoms with E-state index in [1.54, 1.807) is 0 Å². The number of nitrogens with two attached hydrogens (primary N) is 1. The molecule has 2 aromatic carbocycles. The lowest BCUT2D eigenvalue weighted by Gasteiger charge is -2.19. The molecule has 2 nitrogen and oxygen atoms in total. The van der Waals surface area contributed by atoms with Gasteiger partial charge >= 0.3 is 0 Å². The largest absolute Gasteiger partial charge is 0.329 e. The van der Waals surface area contributed by atoms with Gasteiger partial charge in [0.25, 0.3) is 0 Å². The Morgan fingerprint density at radius 1 is 1.11 bits per heavy atom. The van der Waals surface area contributed by atoms with Gasteiger partial charge in [0.05, 0.1) is 0 Å². The fraction of sp³-hybridized carbons (Fsp3) is 0.412. The summed E-state index contributed by atoms with van der Waals surface area (Å²) in [4.78, 5) is 0. The Balaban J connectivity index is 1.79. The molecule has 1 unspecified atom stereocenters. The molecule has 1 fully saturated rings. The highest BCUT2D eigenvalue weighted by Crippen LogP contribution is 2.32. The second-order valence-corrected chi connectivity index (χ2v) is 5.54. The summed E-state index contributed by atoms with van der Waals surface area (Å²) in [5.41, 5.74) is 7.30. The summed E-state index contributed by atoms with van der Waals surface area (Å²) in [6.45, 7) is 1.73. The van der Waals surface area contributed by atoms with Crippen molar-refractivity contribution in [3.63, 3.8) is 0 Å². The number of hydrogen-bond donors (Lipinski definition) is 2. The summed E-state index contributed by atoms with van der Waals surface area (Å²) in [6, 6.07) is 15.3. The fourth-order valence-corrected chi connectivity index (χ4v) is 2.74. The summed E-state index contributed by atoms with van der Waals surface area (Å²) in [7, 11) is 0. The molecule has 2 aromatic rings. The first kappa shape index (κ1) is 12.6. The van der Waals surface area contributed by atoms with Crippen molar-refractivity contribution in [2.45, 2.75) is 25.3 Å². The van der Waals surface area contributed by atoms with Crippen LogP contribution in [0.3, 0.4) is 0 Å². The first-order chi connectivity index (χ1) is 9.38. The van der Waals surface area contributed by atoms with E-state index in [0.29, 0.717) is 6.54 Å². The molecular weight excluding hydrogens is 232 g/mol. The van der Waals surface area contributed by atoms with Gasteiger partial charge in [-0.2, -0.15) is 0 Å². The minimum absolute atomic E-state index is 0.268. The number of nitrogens with one attached hydrogen (secondary N) is 1. The van der Waals surface area contributed by atoms with Crippen LogP contribution in [-0.2, 0) is 0 Å². The quantitative estimate of drug-likeness (QED) is 0.830. The third-order valence-electron chi connectivity index (χ3n) is 4.07. The van der Waals surface area contributed by atoms with Crippen LogP contribution in [0.1, 0.15) is 30.9 Å². The van der Waals surface area contributed by atoms with E-state index in [0.717, 1.165) is 12.5 Å². The zero-order valence-electron chi connectivity index (χ0n) is 11.3. The Hall–Kier alpha value is -1.38. The van der Waals surface area contributed by atoms with Crippen LogP contribution < -0.4 is 11.1 Å². The second-order valence-electron chi connectivity index (χ2n) is 5.54. The van der Waals surface area contributed by atoms with Gasteiger partial charge in [0, 0.05) is 12.6 Å². The van der Waals surface area contributed by atoms with Crippen molar-refractivity contribution in [2.24, 2.45) is 11.7 Å². The van der Waals surface area contributed by atoms with Crippen molar-refractivity contribution in [3.05, 3.63) is 48.0 Å². The van der Waals surface area contributed by atoms with Gasteiger partial charge in [0.15, 0.2) is 0 Å². The van der Waals surface area contributed by atoms with Gasteiger partial charge < -0.3 is 11.1 Å². The Labute approximate surface area is 115 Å². The molecule has 0 bridgehead atoms. The van der Waals surface area contributed by atoms with Gasteiger partial charge in [-0.15, -0.1) is 0 Å².